The van der Waals surface area contributed by atoms with Crippen LogP contribution in [0, 0.1) is 6.92 Å². The lowest BCUT2D eigenvalue weighted by atomic mass is 10.1. The van der Waals surface area contributed by atoms with Gasteiger partial charge in [-0.3, -0.25) is 4.79 Å². The predicted octanol–water partition coefficient (Wildman–Crippen LogP) is 3.22. The number of amides is 1. The van der Waals surface area contributed by atoms with Crippen molar-refractivity contribution in [1.29, 1.82) is 0 Å². The van der Waals surface area contributed by atoms with Crippen molar-refractivity contribution in [2.75, 3.05) is 25.7 Å². The highest BCUT2D eigenvalue weighted by Gasteiger charge is 2.26. The minimum absolute atomic E-state index is 0.00898. The van der Waals surface area contributed by atoms with Crippen molar-refractivity contribution < 1.29 is 14.3 Å². The molecule has 1 amide bonds. The number of hydrogen-bond donors (Lipinski definition) is 0. The molecule has 0 aromatic heterocycles. The summed E-state index contributed by atoms with van der Waals surface area (Å²) in [7, 11) is 3.15. The standard InChI is InChI=1S/C18H19NO3/c1-12-4-5-13-8-9-19(15(13)10-12)18(20)14-6-7-16(21-2)17(11-14)22-3/h4-7,10-11H,8-9H2,1-3H3. The molecule has 1 aliphatic rings. The van der Waals surface area contributed by atoms with Crippen LogP contribution in [-0.2, 0) is 6.42 Å². The van der Waals surface area contributed by atoms with Gasteiger partial charge in [0.2, 0.25) is 0 Å². The number of benzene rings is 2. The van der Waals surface area contributed by atoms with Gasteiger partial charge in [-0.05, 0) is 48.7 Å². The summed E-state index contributed by atoms with van der Waals surface area (Å²) in [6, 6.07) is 11.5. The normalized spacial score (nSPS) is 13.0. The number of ether oxygens (including phenoxy) is 2. The van der Waals surface area contributed by atoms with E-state index in [1.165, 1.54) is 5.56 Å². The quantitative estimate of drug-likeness (QED) is 0.873. The van der Waals surface area contributed by atoms with Crippen molar-refractivity contribution in [3.8, 4) is 11.5 Å². The van der Waals surface area contributed by atoms with E-state index >= 15 is 0 Å². The van der Waals surface area contributed by atoms with E-state index in [2.05, 4.69) is 18.2 Å². The highest BCUT2D eigenvalue weighted by molar-refractivity contribution is 6.07. The average Bonchev–Trinajstić information content (AvgIpc) is 2.96. The third kappa shape index (κ3) is 2.41. The Labute approximate surface area is 130 Å². The Hall–Kier alpha value is -2.49. The second-order valence-corrected chi connectivity index (χ2v) is 5.41. The smallest absolute Gasteiger partial charge is 0.258 e. The van der Waals surface area contributed by atoms with Crippen LogP contribution in [0.5, 0.6) is 11.5 Å². The van der Waals surface area contributed by atoms with Crippen LogP contribution in [0.4, 0.5) is 5.69 Å². The summed E-state index contributed by atoms with van der Waals surface area (Å²) in [5.74, 6) is 1.18. The van der Waals surface area contributed by atoms with Gasteiger partial charge in [0.05, 0.1) is 14.2 Å². The molecule has 0 spiro atoms. The van der Waals surface area contributed by atoms with Crippen LogP contribution in [0.3, 0.4) is 0 Å². The van der Waals surface area contributed by atoms with Crippen LogP contribution in [0.2, 0.25) is 0 Å². The zero-order valence-electron chi connectivity index (χ0n) is 13.1. The minimum atomic E-state index is -0.00898. The third-order valence-electron chi connectivity index (χ3n) is 4.01. The molecule has 0 unspecified atom stereocenters. The summed E-state index contributed by atoms with van der Waals surface area (Å²) in [5.41, 5.74) is 4.00. The van der Waals surface area contributed by atoms with E-state index in [-0.39, 0.29) is 5.91 Å². The van der Waals surface area contributed by atoms with Gasteiger partial charge in [0, 0.05) is 17.8 Å². The molecule has 0 atom stereocenters. The Bertz CT molecular complexity index is 724. The highest BCUT2D eigenvalue weighted by atomic mass is 16.5. The van der Waals surface area contributed by atoms with E-state index in [1.54, 1.807) is 32.4 Å². The van der Waals surface area contributed by atoms with Crippen LogP contribution in [0.25, 0.3) is 0 Å². The molecule has 1 heterocycles. The van der Waals surface area contributed by atoms with Gasteiger partial charge in [-0.15, -0.1) is 0 Å². The zero-order chi connectivity index (χ0) is 15.7. The summed E-state index contributed by atoms with van der Waals surface area (Å²) in [4.78, 5) is 14.7. The third-order valence-corrected chi connectivity index (χ3v) is 4.01. The van der Waals surface area contributed by atoms with Crippen molar-refractivity contribution in [3.63, 3.8) is 0 Å². The summed E-state index contributed by atoms with van der Waals surface area (Å²) in [5, 5.41) is 0. The van der Waals surface area contributed by atoms with E-state index in [4.69, 9.17) is 9.47 Å². The second kappa shape index (κ2) is 5.72. The number of rotatable bonds is 3. The molecular formula is C18H19NO3. The Kier molecular flexibility index (Phi) is 3.75. The maximum absolute atomic E-state index is 12.8. The summed E-state index contributed by atoms with van der Waals surface area (Å²) >= 11 is 0. The topological polar surface area (TPSA) is 38.8 Å². The average molecular weight is 297 g/mol. The number of carbonyl (C=O) groups excluding carboxylic acids is 1. The van der Waals surface area contributed by atoms with Gasteiger partial charge in [0.1, 0.15) is 0 Å². The van der Waals surface area contributed by atoms with E-state index in [9.17, 15) is 4.79 Å². The van der Waals surface area contributed by atoms with Crippen molar-refractivity contribution in [3.05, 3.63) is 53.1 Å². The van der Waals surface area contributed by atoms with Crippen LogP contribution < -0.4 is 14.4 Å². The number of aryl methyl sites for hydroxylation is 1. The van der Waals surface area contributed by atoms with Crippen molar-refractivity contribution in [2.24, 2.45) is 0 Å². The fourth-order valence-electron chi connectivity index (χ4n) is 2.83. The Morgan fingerprint density at radius 1 is 1.05 bits per heavy atom. The van der Waals surface area contributed by atoms with Gasteiger partial charge in [-0.25, -0.2) is 0 Å². The minimum Gasteiger partial charge on any atom is -0.493 e. The van der Waals surface area contributed by atoms with Crippen LogP contribution >= 0.6 is 0 Å². The molecule has 0 fully saturated rings. The number of methoxy groups -OCH3 is 2. The lowest BCUT2D eigenvalue weighted by molar-refractivity contribution is 0.0989. The lowest BCUT2D eigenvalue weighted by Crippen LogP contribution is -2.28. The van der Waals surface area contributed by atoms with Gasteiger partial charge in [0.15, 0.2) is 11.5 Å². The van der Waals surface area contributed by atoms with Gasteiger partial charge < -0.3 is 14.4 Å². The fraction of sp³-hybridized carbons (Fsp3) is 0.278. The predicted molar refractivity (Wildman–Crippen MR) is 86.1 cm³/mol. The highest BCUT2D eigenvalue weighted by Crippen LogP contribution is 2.32. The molecule has 2 aromatic carbocycles. The van der Waals surface area contributed by atoms with Crippen LogP contribution in [-0.4, -0.2) is 26.7 Å². The first-order valence-corrected chi connectivity index (χ1v) is 7.27. The second-order valence-electron chi connectivity index (χ2n) is 5.41. The van der Waals surface area contributed by atoms with Gasteiger partial charge in [0.25, 0.3) is 5.91 Å². The Morgan fingerprint density at radius 2 is 1.82 bits per heavy atom. The number of hydrogen-bond acceptors (Lipinski definition) is 3. The van der Waals surface area contributed by atoms with E-state index in [0.29, 0.717) is 23.6 Å². The molecule has 0 saturated carbocycles. The molecule has 0 N–H and O–H groups in total. The van der Waals surface area contributed by atoms with Crippen molar-refractivity contribution in [2.45, 2.75) is 13.3 Å². The first-order chi connectivity index (χ1) is 10.6. The van der Waals surface area contributed by atoms with Crippen LogP contribution in [0.1, 0.15) is 21.5 Å². The largest absolute Gasteiger partial charge is 0.493 e. The van der Waals surface area contributed by atoms with E-state index in [1.807, 2.05) is 11.8 Å². The summed E-state index contributed by atoms with van der Waals surface area (Å²) < 4.78 is 10.5. The Morgan fingerprint density at radius 3 is 2.55 bits per heavy atom. The summed E-state index contributed by atoms with van der Waals surface area (Å²) in [6.45, 7) is 2.75. The van der Waals surface area contributed by atoms with Gasteiger partial charge >= 0.3 is 0 Å². The molecule has 2 aromatic rings. The van der Waals surface area contributed by atoms with Gasteiger partial charge in [-0.2, -0.15) is 0 Å². The molecule has 4 heteroatoms. The maximum atomic E-state index is 12.8. The Balaban J connectivity index is 1.95. The van der Waals surface area contributed by atoms with Crippen molar-refractivity contribution in [1.82, 2.24) is 0 Å². The fourth-order valence-corrected chi connectivity index (χ4v) is 2.83. The molecule has 0 aliphatic carbocycles. The monoisotopic (exact) mass is 297 g/mol. The number of fused-ring (bicyclic) bond motifs is 1. The molecule has 0 radical (unpaired) electrons. The van der Waals surface area contributed by atoms with E-state index in [0.717, 1.165) is 17.7 Å². The molecule has 0 saturated heterocycles. The number of anilines is 1. The molecular weight excluding hydrogens is 278 g/mol. The maximum Gasteiger partial charge on any atom is 0.258 e. The first kappa shape index (κ1) is 14.4. The number of nitrogens with zero attached hydrogens (tertiary/aromatic N) is 1. The van der Waals surface area contributed by atoms with Crippen molar-refractivity contribution >= 4 is 11.6 Å². The lowest BCUT2D eigenvalue weighted by Gasteiger charge is -2.18. The zero-order valence-corrected chi connectivity index (χ0v) is 13.1. The molecule has 1 aliphatic heterocycles. The molecule has 0 bridgehead atoms. The van der Waals surface area contributed by atoms with Gasteiger partial charge in [-0.1, -0.05) is 12.1 Å². The SMILES string of the molecule is COc1ccc(C(=O)N2CCc3ccc(C)cc32)cc1OC. The first-order valence-electron chi connectivity index (χ1n) is 7.27. The molecule has 114 valence electrons. The number of carbonyl (C=O) groups is 1. The van der Waals surface area contributed by atoms with Crippen LogP contribution in [0.15, 0.2) is 36.4 Å². The molecule has 3 rings (SSSR count). The summed E-state index contributed by atoms with van der Waals surface area (Å²) in [6.07, 6.45) is 0.897. The molecule has 22 heavy (non-hydrogen) atoms. The molecule has 4 nitrogen and oxygen atoms in total. The van der Waals surface area contributed by atoms with E-state index < -0.39 is 0 Å².